The van der Waals surface area contributed by atoms with Crippen LogP contribution in [0.1, 0.15) is 63.3 Å². The number of aliphatic hydroxyl groups is 1. The summed E-state index contributed by atoms with van der Waals surface area (Å²) in [5.41, 5.74) is 1.33. The maximum atomic E-state index is 10.4. The predicted molar refractivity (Wildman–Crippen MR) is 95.4 cm³/mol. The molecular weight excluding hydrogens is 284 g/mol. The Hall–Kier alpha value is -1.61. The molecular formula is C20H30N2O. The Labute approximate surface area is 140 Å². The first kappa shape index (κ1) is 17.7. The number of aromatic amines is 1. The van der Waals surface area contributed by atoms with Gasteiger partial charge in [0.15, 0.2) is 0 Å². The monoisotopic (exact) mass is 314 g/mol. The third-order valence-electron chi connectivity index (χ3n) is 4.68. The lowest BCUT2D eigenvalue weighted by Gasteiger charge is -2.24. The van der Waals surface area contributed by atoms with Gasteiger partial charge >= 0.3 is 0 Å². The van der Waals surface area contributed by atoms with Crippen molar-refractivity contribution in [2.45, 2.75) is 64.4 Å². The smallest absolute Gasteiger partial charge is 0.106 e. The lowest BCUT2D eigenvalue weighted by atomic mass is 9.83. The van der Waals surface area contributed by atoms with Crippen molar-refractivity contribution < 1.29 is 5.11 Å². The highest BCUT2D eigenvalue weighted by molar-refractivity contribution is 5.21. The van der Waals surface area contributed by atoms with E-state index in [0.29, 0.717) is 11.8 Å². The Balaban J connectivity index is 1.99. The Bertz CT molecular complexity index is 524. The highest BCUT2D eigenvalue weighted by Gasteiger charge is 2.21. The number of imidazole rings is 1. The SMILES string of the molecule is CCCCCC(O)C(C)CC(Cc1ncc[nH]1)c1ccccc1. The van der Waals surface area contributed by atoms with E-state index in [4.69, 9.17) is 0 Å². The third-order valence-corrected chi connectivity index (χ3v) is 4.68. The van der Waals surface area contributed by atoms with Gasteiger partial charge in [-0.15, -0.1) is 0 Å². The fraction of sp³-hybridized carbons (Fsp3) is 0.550. The van der Waals surface area contributed by atoms with E-state index in [1.807, 2.05) is 6.20 Å². The van der Waals surface area contributed by atoms with Gasteiger partial charge in [0.1, 0.15) is 5.82 Å². The first-order valence-corrected chi connectivity index (χ1v) is 8.92. The number of nitrogens with zero attached hydrogens (tertiary/aromatic N) is 1. The average molecular weight is 314 g/mol. The summed E-state index contributed by atoms with van der Waals surface area (Å²) >= 11 is 0. The zero-order valence-corrected chi connectivity index (χ0v) is 14.4. The van der Waals surface area contributed by atoms with Crippen LogP contribution in [0.25, 0.3) is 0 Å². The fourth-order valence-corrected chi connectivity index (χ4v) is 3.20. The lowest BCUT2D eigenvalue weighted by Crippen LogP contribution is -2.21. The van der Waals surface area contributed by atoms with Crippen LogP contribution in [0.5, 0.6) is 0 Å². The highest BCUT2D eigenvalue weighted by Crippen LogP contribution is 2.29. The number of nitrogens with one attached hydrogen (secondary N) is 1. The van der Waals surface area contributed by atoms with Crippen molar-refractivity contribution >= 4 is 0 Å². The summed E-state index contributed by atoms with van der Waals surface area (Å²) in [5, 5.41) is 10.4. The maximum Gasteiger partial charge on any atom is 0.106 e. The molecule has 3 nitrogen and oxygen atoms in total. The molecule has 0 aliphatic rings. The first-order chi connectivity index (χ1) is 11.2. The molecule has 0 fully saturated rings. The molecule has 0 amide bonds. The Morgan fingerprint density at radius 3 is 2.61 bits per heavy atom. The molecule has 3 unspecified atom stereocenters. The van der Waals surface area contributed by atoms with Gasteiger partial charge < -0.3 is 10.1 Å². The van der Waals surface area contributed by atoms with Crippen LogP contribution in [-0.4, -0.2) is 21.2 Å². The molecule has 0 radical (unpaired) electrons. The second-order valence-electron chi connectivity index (χ2n) is 6.62. The van der Waals surface area contributed by atoms with Gasteiger partial charge in [-0.2, -0.15) is 0 Å². The molecule has 0 saturated heterocycles. The number of rotatable bonds is 10. The molecule has 126 valence electrons. The number of aliphatic hydroxyl groups excluding tert-OH is 1. The summed E-state index contributed by atoms with van der Waals surface area (Å²) in [6.45, 7) is 4.37. The van der Waals surface area contributed by atoms with E-state index >= 15 is 0 Å². The van der Waals surface area contributed by atoms with E-state index in [0.717, 1.165) is 31.5 Å². The molecule has 2 N–H and O–H groups in total. The zero-order valence-electron chi connectivity index (χ0n) is 14.4. The van der Waals surface area contributed by atoms with Gasteiger partial charge in [-0.1, -0.05) is 63.4 Å². The van der Waals surface area contributed by atoms with Crippen molar-refractivity contribution in [3.05, 3.63) is 54.1 Å². The minimum Gasteiger partial charge on any atom is -0.393 e. The van der Waals surface area contributed by atoms with E-state index in [1.165, 1.54) is 18.4 Å². The van der Waals surface area contributed by atoms with Gasteiger partial charge in [0.25, 0.3) is 0 Å². The Morgan fingerprint density at radius 1 is 1.17 bits per heavy atom. The molecule has 0 aliphatic carbocycles. The molecule has 1 aromatic carbocycles. The highest BCUT2D eigenvalue weighted by atomic mass is 16.3. The van der Waals surface area contributed by atoms with Crippen LogP contribution < -0.4 is 0 Å². The molecule has 0 aliphatic heterocycles. The molecule has 3 heteroatoms. The zero-order chi connectivity index (χ0) is 16.5. The molecule has 2 rings (SSSR count). The third kappa shape index (κ3) is 5.83. The van der Waals surface area contributed by atoms with Gasteiger partial charge in [0.2, 0.25) is 0 Å². The van der Waals surface area contributed by atoms with Crippen LogP contribution in [0.4, 0.5) is 0 Å². The van der Waals surface area contributed by atoms with Crippen LogP contribution in [0.15, 0.2) is 42.7 Å². The molecule has 0 spiro atoms. The fourth-order valence-electron chi connectivity index (χ4n) is 3.20. The van der Waals surface area contributed by atoms with E-state index in [2.05, 4.69) is 54.1 Å². The van der Waals surface area contributed by atoms with Crippen molar-refractivity contribution in [2.24, 2.45) is 5.92 Å². The van der Waals surface area contributed by atoms with Crippen molar-refractivity contribution in [3.63, 3.8) is 0 Å². The van der Waals surface area contributed by atoms with Crippen molar-refractivity contribution in [1.82, 2.24) is 9.97 Å². The van der Waals surface area contributed by atoms with Crippen LogP contribution in [0.3, 0.4) is 0 Å². The standard InChI is InChI=1S/C20H30N2O/c1-3-4-6-11-19(23)16(2)14-18(15-20-21-12-13-22-20)17-9-7-5-8-10-17/h5,7-10,12-13,16,18-19,23H,3-4,6,11,14-15H2,1-2H3,(H,21,22). The average Bonchev–Trinajstić information content (AvgIpc) is 3.08. The lowest BCUT2D eigenvalue weighted by molar-refractivity contribution is 0.0960. The van der Waals surface area contributed by atoms with E-state index in [-0.39, 0.29) is 6.10 Å². The second kappa shape index (κ2) is 9.51. The number of benzene rings is 1. The van der Waals surface area contributed by atoms with Gasteiger partial charge in [0, 0.05) is 18.8 Å². The second-order valence-corrected chi connectivity index (χ2v) is 6.62. The van der Waals surface area contributed by atoms with E-state index < -0.39 is 0 Å². The molecule has 23 heavy (non-hydrogen) atoms. The van der Waals surface area contributed by atoms with Gasteiger partial charge in [-0.3, -0.25) is 0 Å². The largest absolute Gasteiger partial charge is 0.393 e. The van der Waals surface area contributed by atoms with Crippen LogP contribution in [-0.2, 0) is 6.42 Å². The quantitative estimate of drug-likeness (QED) is 0.624. The predicted octanol–water partition coefficient (Wildman–Crippen LogP) is 4.70. The van der Waals surface area contributed by atoms with Crippen molar-refractivity contribution in [1.29, 1.82) is 0 Å². The normalized spacial score (nSPS) is 15.3. The van der Waals surface area contributed by atoms with E-state index in [9.17, 15) is 5.11 Å². The van der Waals surface area contributed by atoms with Gasteiger partial charge in [0.05, 0.1) is 6.10 Å². The summed E-state index contributed by atoms with van der Waals surface area (Å²) in [6.07, 6.45) is 9.80. The van der Waals surface area contributed by atoms with Crippen molar-refractivity contribution in [3.8, 4) is 0 Å². The van der Waals surface area contributed by atoms with E-state index in [1.54, 1.807) is 6.20 Å². The summed E-state index contributed by atoms with van der Waals surface area (Å²) in [6, 6.07) is 10.6. The van der Waals surface area contributed by atoms with Gasteiger partial charge in [-0.25, -0.2) is 4.98 Å². The molecule has 0 saturated carbocycles. The van der Waals surface area contributed by atoms with Gasteiger partial charge in [-0.05, 0) is 30.2 Å². The topological polar surface area (TPSA) is 48.9 Å². The van der Waals surface area contributed by atoms with Crippen molar-refractivity contribution in [2.75, 3.05) is 0 Å². The molecule has 1 heterocycles. The summed E-state index contributed by atoms with van der Waals surface area (Å²) in [5.74, 6) is 1.71. The number of H-pyrrole nitrogens is 1. The Morgan fingerprint density at radius 2 is 1.96 bits per heavy atom. The van der Waals surface area contributed by atoms with Crippen LogP contribution in [0.2, 0.25) is 0 Å². The Kier molecular flexibility index (Phi) is 7.34. The number of unbranched alkanes of at least 4 members (excludes halogenated alkanes) is 2. The minimum absolute atomic E-state index is 0.204. The summed E-state index contributed by atoms with van der Waals surface area (Å²) < 4.78 is 0. The summed E-state index contributed by atoms with van der Waals surface area (Å²) in [4.78, 5) is 7.58. The summed E-state index contributed by atoms with van der Waals surface area (Å²) in [7, 11) is 0. The number of aromatic nitrogens is 2. The minimum atomic E-state index is -0.204. The molecule has 3 atom stereocenters. The number of hydrogen-bond acceptors (Lipinski definition) is 2. The first-order valence-electron chi connectivity index (χ1n) is 8.92. The number of hydrogen-bond donors (Lipinski definition) is 2. The molecule has 1 aromatic heterocycles. The van der Waals surface area contributed by atoms with Crippen LogP contribution in [0, 0.1) is 5.92 Å². The maximum absolute atomic E-state index is 10.4. The van der Waals surface area contributed by atoms with Crippen LogP contribution >= 0.6 is 0 Å². The molecule has 2 aromatic rings. The molecule has 0 bridgehead atoms.